The second-order valence-corrected chi connectivity index (χ2v) is 2.32. The topological polar surface area (TPSA) is 48.1 Å². The van der Waals surface area contributed by atoms with E-state index in [1.54, 1.807) is 12.1 Å². The Morgan fingerprint density at radius 1 is 1.64 bits per heavy atom. The summed E-state index contributed by atoms with van der Waals surface area (Å²) in [5, 5.41) is 0.288. The smallest absolute Gasteiger partial charge is 0.214 e. The van der Waals surface area contributed by atoms with Crippen LogP contribution in [0.15, 0.2) is 12.1 Å². The molecule has 60 valence electrons. The van der Waals surface area contributed by atoms with Gasteiger partial charge < -0.3 is 10.5 Å². The fourth-order valence-corrected chi connectivity index (χ4v) is 0.803. The molecule has 0 bridgehead atoms. The van der Waals surface area contributed by atoms with Gasteiger partial charge in [-0.3, -0.25) is 0 Å². The molecule has 0 radical (unpaired) electrons. The first-order chi connectivity index (χ1) is 5.24. The van der Waals surface area contributed by atoms with E-state index in [4.69, 9.17) is 22.1 Å². The van der Waals surface area contributed by atoms with E-state index in [9.17, 15) is 0 Å². The van der Waals surface area contributed by atoms with Crippen LogP contribution >= 0.6 is 11.6 Å². The van der Waals surface area contributed by atoms with Crippen LogP contribution in [0.5, 0.6) is 5.88 Å². The molecular weight excluding hydrogens is 164 g/mol. The van der Waals surface area contributed by atoms with Gasteiger partial charge in [0.25, 0.3) is 0 Å². The fraction of sp³-hybridized carbons (Fsp3) is 0.286. The van der Waals surface area contributed by atoms with Crippen LogP contribution < -0.4 is 10.5 Å². The van der Waals surface area contributed by atoms with Crippen molar-refractivity contribution in [2.45, 2.75) is 6.92 Å². The largest absolute Gasteiger partial charge is 0.478 e. The van der Waals surface area contributed by atoms with Gasteiger partial charge in [-0.15, -0.1) is 0 Å². The SMILES string of the molecule is CCOc1ccc(N)c(Cl)n1. The molecule has 11 heavy (non-hydrogen) atoms. The van der Waals surface area contributed by atoms with Crippen LogP contribution in [0.4, 0.5) is 5.69 Å². The lowest BCUT2D eigenvalue weighted by Crippen LogP contribution is -1.96. The summed E-state index contributed by atoms with van der Waals surface area (Å²) in [7, 11) is 0. The van der Waals surface area contributed by atoms with Crippen LogP contribution in [0.1, 0.15) is 6.92 Å². The number of nitrogens with zero attached hydrogens (tertiary/aromatic N) is 1. The minimum atomic E-state index is 0.288. The number of ether oxygens (including phenoxy) is 1. The average Bonchev–Trinajstić information content (AvgIpc) is 1.98. The lowest BCUT2D eigenvalue weighted by atomic mass is 10.4. The van der Waals surface area contributed by atoms with Gasteiger partial charge in [0.1, 0.15) is 0 Å². The second-order valence-electron chi connectivity index (χ2n) is 1.96. The number of pyridine rings is 1. The molecule has 0 fully saturated rings. The van der Waals surface area contributed by atoms with E-state index in [-0.39, 0.29) is 5.15 Å². The molecule has 1 heterocycles. The van der Waals surface area contributed by atoms with E-state index in [2.05, 4.69) is 4.98 Å². The van der Waals surface area contributed by atoms with Crippen molar-refractivity contribution in [2.75, 3.05) is 12.3 Å². The minimum absolute atomic E-state index is 0.288. The molecule has 0 aliphatic carbocycles. The molecule has 0 saturated heterocycles. The number of anilines is 1. The van der Waals surface area contributed by atoms with Crippen molar-refractivity contribution >= 4 is 17.3 Å². The first-order valence-corrected chi connectivity index (χ1v) is 3.66. The Hall–Kier alpha value is -0.960. The van der Waals surface area contributed by atoms with Crippen molar-refractivity contribution in [3.63, 3.8) is 0 Å². The zero-order chi connectivity index (χ0) is 8.27. The van der Waals surface area contributed by atoms with Crippen molar-refractivity contribution in [2.24, 2.45) is 0 Å². The maximum Gasteiger partial charge on any atom is 0.214 e. The first kappa shape index (κ1) is 8.14. The third-order valence-corrected chi connectivity index (χ3v) is 1.45. The van der Waals surface area contributed by atoms with Crippen LogP contribution in [0.3, 0.4) is 0 Å². The van der Waals surface area contributed by atoms with Crippen LogP contribution in [0.25, 0.3) is 0 Å². The molecule has 4 heteroatoms. The highest BCUT2D eigenvalue weighted by atomic mass is 35.5. The van der Waals surface area contributed by atoms with Gasteiger partial charge in [0, 0.05) is 6.07 Å². The number of hydrogen-bond acceptors (Lipinski definition) is 3. The fourth-order valence-electron chi connectivity index (χ4n) is 0.657. The molecule has 0 unspecified atom stereocenters. The van der Waals surface area contributed by atoms with Crippen LogP contribution in [0, 0.1) is 0 Å². The number of halogens is 1. The lowest BCUT2D eigenvalue weighted by molar-refractivity contribution is 0.327. The molecular formula is C7H9ClN2O. The Morgan fingerprint density at radius 2 is 2.36 bits per heavy atom. The summed E-state index contributed by atoms with van der Waals surface area (Å²) in [6.07, 6.45) is 0. The zero-order valence-electron chi connectivity index (χ0n) is 6.17. The van der Waals surface area contributed by atoms with Gasteiger partial charge in [0.2, 0.25) is 5.88 Å². The number of rotatable bonds is 2. The zero-order valence-corrected chi connectivity index (χ0v) is 6.93. The van der Waals surface area contributed by atoms with E-state index in [1.165, 1.54) is 0 Å². The van der Waals surface area contributed by atoms with E-state index < -0.39 is 0 Å². The standard InChI is InChI=1S/C7H9ClN2O/c1-2-11-6-4-3-5(9)7(8)10-6/h3-4H,2,9H2,1H3. The predicted molar refractivity (Wildman–Crippen MR) is 44.8 cm³/mol. The van der Waals surface area contributed by atoms with E-state index in [1.807, 2.05) is 6.92 Å². The van der Waals surface area contributed by atoms with Crippen molar-refractivity contribution in [3.8, 4) is 5.88 Å². The van der Waals surface area contributed by atoms with E-state index >= 15 is 0 Å². The van der Waals surface area contributed by atoms with Crippen molar-refractivity contribution < 1.29 is 4.74 Å². The summed E-state index contributed by atoms with van der Waals surface area (Å²) < 4.78 is 5.09. The maximum absolute atomic E-state index is 5.63. The molecule has 1 aromatic heterocycles. The number of aromatic nitrogens is 1. The molecule has 0 atom stereocenters. The van der Waals surface area contributed by atoms with Gasteiger partial charge in [-0.25, -0.2) is 0 Å². The summed E-state index contributed by atoms with van der Waals surface area (Å²) in [4.78, 5) is 3.88. The van der Waals surface area contributed by atoms with Crippen molar-refractivity contribution in [3.05, 3.63) is 17.3 Å². The van der Waals surface area contributed by atoms with Gasteiger partial charge in [-0.05, 0) is 13.0 Å². The third kappa shape index (κ3) is 1.98. The number of hydrogen-bond donors (Lipinski definition) is 1. The molecule has 1 rings (SSSR count). The summed E-state index contributed by atoms with van der Waals surface area (Å²) in [6, 6.07) is 3.35. The van der Waals surface area contributed by atoms with Gasteiger partial charge in [-0.2, -0.15) is 4.98 Å². The van der Waals surface area contributed by atoms with Gasteiger partial charge >= 0.3 is 0 Å². The molecule has 2 N–H and O–H groups in total. The van der Waals surface area contributed by atoms with Crippen molar-refractivity contribution in [1.82, 2.24) is 4.98 Å². The molecule has 3 nitrogen and oxygen atoms in total. The molecule has 0 aliphatic heterocycles. The molecule has 0 aromatic carbocycles. The summed E-state index contributed by atoms with van der Waals surface area (Å²) in [6.45, 7) is 2.46. The summed E-state index contributed by atoms with van der Waals surface area (Å²) in [5.41, 5.74) is 5.90. The number of nitrogens with two attached hydrogens (primary N) is 1. The third-order valence-electron chi connectivity index (χ3n) is 1.14. The Bertz CT molecular complexity index is 252. The number of nitrogen functional groups attached to an aromatic ring is 1. The van der Waals surface area contributed by atoms with Crippen LogP contribution in [-0.2, 0) is 0 Å². The Balaban J connectivity index is 2.86. The summed E-state index contributed by atoms with van der Waals surface area (Å²) in [5.74, 6) is 0.506. The summed E-state index contributed by atoms with van der Waals surface area (Å²) >= 11 is 5.63. The average molecular weight is 173 g/mol. The van der Waals surface area contributed by atoms with Crippen LogP contribution in [0.2, 0.25) is 5.15 Å². The highest BCUT2D eigenvalue weighted by Gasteiger charge is 1.98. The molecule has 0 aliphatic rings. The Labute approximate surface area is 70.1 Å². The van der Waals surface area contributed by atoms with Gasteiger partial charge in [0.05, 0.1) is 12.3 Å². The normalized spacial score (nSPS) is 9.64. The maximum atomic E-state index is 5.63. The lowest BCUT2D eigenvalue weighted by Gasteiger charge is -2.02. The second kappa shape index (κ2) is 3.44. The predicted octanol–water partition coefficient (Wildman–Crippen LogP) is 1.72. The van der Waals surface area contributed by atoms with Crippen LogP contribution in [-0.4, -0.2) is 11.6 Å². The van der Waals surface area contributed by atoms with E-state index in [0.29, 0.717) is 18.2 Å². The highest BCUT2D eigenvalue weighted by Crippen LogP contribution is 2.18. The van der Waals surface area contributed by atoms with Crippen molar-refractivity contribution in [1.29, 1.82) is 0 Å². The monoisotopic (exact) mass is 172 g/mol. The first-order valence-electron chi connectivity index (χ1n) is 3.29. The molecule has 0 saturated carbocycles. The van der Waals surface area contributed by atoms with Gasteiger partial charge in [-0.1, -0.05) is 11.6 Å². The Kier molecular flexibility index (Phi) is 2.54. The highest BCUT2D eigenvalue weighted by molar-refractivity contribution is 6.31. The van der Waals surface area contributed by atoms with E-state index in [0.717, 1.165) is 0 Å². The molecule has 1 aromatic rings. The van der Waals surface area contributed by atoms with Gasteiger partial charge in [0.15, 0.2) is 5.15 Å². The Morgan fingerprint density at radius 3 is 2.91 bits per heavy atom. The molecule has 0 amide bonds. The minimum Gasteiger partial charge on any atom is -0.478 e. The molecule has 0 spiro atoms. The quantitative estimate of drug-likeness (QED) is 0.691.